The van der Waals surface area contributed by atoms with E-state index in [9.17, 15) is 8.60 Å². The Balaban J connectivity index is 2.44. The SMILES string of the molecule is CC(CCS(C)=O)NCc1cccc(Cl)c1F. The Kier molecular flexibility index (Phi) is 6.09. The molecule has 0 amide bonds. The fraction of sp³-hybridized carbons (Fsp3) is 0.500. The molecule has 1 aromatic rings. The quantitative estimate of drug-likeness (QED) is 0.866. The first-order valence-electron chi connectivity index (χ1n) is 5.47. The molecule has 0 heterocycles. The van der Waals surface area contributed by atoms with Gasteiger partial charge in [0, 0.05) is 41.0 Å². The number of benzene rings is 1. The second-order valence-electron chi connectivity index (χ2n) is 4.06. The Bertz CT molecular complexity index is 400. The molecular formula is C12H17ClFNOS. The van der Waals surface area contributed by atoms with E-state index in [0.717, 1.165) is 6.42 Å². The first kappa shape index (κ1) is 14.6. The van der Waals surface area contributed by atoms with E-state index in [1.54, 1.807) is 18.4 Å². The molecule has 0 bridgehead atoms. The third-order valence-corrected chi connectivity index (χ3v) is 3.61. The first-order valence-corrected chi connectivity index (χ1v) is 7.57. The lowest BCUT2D eigenvalue weighted by molar-refractivity contribution is 0.517. The summed E-state index contributed by atoms with van der Waals surface area (Å²) in [5, 5.41) is 3.33. The van der Waals surface area contributed by atoms with Crippen LogP contribution in [0.5, 0.6) is 0 Å². The number of halogens is 2. The molecule has 2 atom stereocenters. The van der Waals surface area contributed by atoms with Gasteiger partial charge in [-0.05, 0) is 19.4 Å². The van der Waals surface area contributed by atoms with Gasteiger partial charge in [0.1, 0.15) is 5.82 Å². The Morgan fingerprint density at radius 2 is 2.24 bits per heavy atom. The molecule has 0 fully saturated rings. The molecule has 5 heteroatoms. The van der Waals surface area contributed by atoms with Crippen LogP contribution < -0.4 is 5.32 Å². The van der Waals surface area contributed by atoms with Crippen molar-refractivity contribution >= 4 is 22.4 Å². The fourth-order valence-electron chi connectivity index (χ4n) is 1.41. The molecule has 0 aliphatic heterocycles. The molecule has 1 rings (SSSR count). The lowest BCUT2D eigenvalue weighted by Crippen LogP contribution is -2.27. The van der Waals surface area contributed by atoms with Gasteiger partial charge in [0.25, 0.3) is 0 Å². The van der Waals surface area contributed by atoms with E-state index < -0.39 is 10.8 Å². The van der Waals surface area contributed by atoms with Crippen LogP contribution >= 0.6 is 11.6 Å². The molecule has 0 spiro atoms. The molecule has 0 aliphatic rings. The molecule has 0 aliphatic carbocycles. The van der Waals surface area contributed by atoms with E-state index in [0.29, 0.717) is 17.9 Å². The molecule has 0 saturated carbocycles. The van der Waals surface area contributed by atoms with Gasteiger partial charge in [0.05, 0.1) is 5.02 Å². The summed E-state index contributed by atoms with van der Waals surface area (Å²) >= 11 is 5.69. The summed E-state index contributed by atoms with van der Waals surface area (Å²) in [5.41, 5.74) is 0.557. The van der Waals surface area contributed by atoms with Crippen molar-refractivity contribution in [3.8, 4) is 0 Å². The van der Waals surface area contributed by atoms with Gasteiger partial charge in [-0.2, -0.15) is 0 Å². The minimum absolute atomic E-state index is 0.145. The minimum Gasteiger partial charge on any atom is -0.310 e. The number of hydrogen-bond donors (Lipinski definition) is 1. The normalized spacial score (nSPS) is 14.6. The lowest BCUT2D eigenvalue weighted by Gasteiger charge is -2.13. The molecule has 0 aromatic heterocycles. The summed E-state index contributed by atoms with van der Waals surface area (Å²) in [6.45, 7) is 2.43. The monoisotopic (exact) mass is 277 g/mol. The highest BCUT2D eigenvalue weighted by Gasteiger charge is 2.08. The Morgan fingerprint density at radius 1 is 1.53 bits per heavy atom. The molecule has 2 nitrogen and oxygen atoms in total. The predicted molar refractivity (Wildman–Crippen MR) is 71.3 cm³/mol. The van der Waals surface area contributed by atoms with Crippen molar-refractivity contribution < 1.29 is 8.60 Å². The van der Waals surface area contributed by atoms with Crippen LogP contribution in [-0.2, 0) is 17.3 Å². The molecule has 2 unspecified atom stereocenters. The lowest BCUT2D eigenvalue weighted by atomic mass is 10.2. The van der Waals surface area contributed by atoms with E-state index >= 15 is 0 Å². The molecule has 0 radical (unpaired) electrons. The maximum atomic E-state index is 13.5. The molecule has 0 saturated heterocycles. The Labute approximate surface area is 109 Å². The van der Waals surface area contributed by atoms with Crippen LogP contribution in [0.25, 0.3) is 0 Å². The summed E-state index contributed by atoms with van der Waals surface area (Å²) in [7, 11) is -0.777. The van der Waals surface area contributed by atoms with E-state index in [2.05, 4.69) is 5.32 Å². The van der Waals surface area contributed by atoms with Crippen molar-refractivity contribution in [1.29, 1.82) is 0 Å². The fourth-order valence-corrected chi connectivity index (χ4v) is 2.29. The molecular weight excluding hydrogens is 261 g/mol. The van der Waals surface area contributed by atoms with Gasteiger partial charge in [-0.1, -0.05) is 23.7 Å². The van der Waals surface area contributed by atoms with Crippen molar-refractivity contribution in [2.75, 3.05) is 12.0 Å². The van der Waals surface area contributed by atoms with Crippen molar-refractivity contribution in [2.45, 2.75) is 25.9 Å². The van der Waals surface area contributed by atoms with Crippen LogP contribution in [0.15, 0.2) is 18.2 Å². The van der Waals surface area contributed by atoms with Crippen LogP contribution in [0.1, 0.15) is 18.9 Å². The highest BCUT2D eigenvalue weighted by molar-refractivity contribution is 7.84. The zero-order chi connectivity index (χ0) is 12.8. The summed E-state index contributed by atoms with van der Waals surface area (Å²) in [4.78, 5) is 0. The van der Waals surface area contributed by atoms with Crippen molar-refractivity contribution in [3.05, 3.63) is 34.6 Å². The Morgan fingerprint density at radius 3 is 2.88 bits per heavy atom. The second kappa shape index (κ2) is 7.09. The smallest absolute Gasteiger partial charge is 0.146 e. The van der Waals surface area contributed by atoms with Gasteiger partial charge in [-0.25, -0.2) is 4.39 Å². The zero-order valence-electron chi connectivity index (χ0n) is 10.0. The number of nitrogens with one attached hydrogen (secondary N) is 1. The van der Waals surface area contributed by atoms with Crippen LogP contribution in [0.4, 0.5) is 4.39 Å². The van der Waals surface area contributed by atoms with Gasteiger partial charge in [0.2, 0.25) is 0 Å². The van der Waals surface area contributed by atoms with Crippen molar-refractivity contribution in [3.63, 3.8) is 0 Å². The minimum atomic E-state index is -0.777. The third kappa shape index (κ3) is 5.15. The second-order valence-corrected chi connectivity index (χ2v) is 6.02. The van der Waals surface area contributed by atoms with Crippen LogP contribution in [0, 0.1) is 5.82 Å². The Hall–Kier alpha value is -0.450. The van der Waals surface area contributed by atoms with E-state index in [1.807, 2.05) is 6.92 Å². The third-order valence-electron chi connectivity index (χ3n) is 2.51. The maximum Gasteiger partial charge on any atom is 0.146 e. The predicted octanol–water partition coefficient (Wildman–Crippen LogP) is 2.73. The highest BCUT2D eigenvalue weighted by Crippen LogP contribution is 2.17. The van der Waals surface area contributed by atoms with Crippen molar-refractivity contribution in [2.24, 2.45) is 0 Å². The van der Waals surface area contributed by atoms with Gasteiger partial charge in [-0.3, -0.25) is 4.21 Å². The molecule has 96 valence electrons. The highest BCUT2D eigenvalue weighted by atomic mass is 35.5. The van der Waals surface area contributed by atoms with E-state index in [1.165, 1.54) is 6.07 Å². The number of hydrogen-bond acceptors (Lipinski definition) is 2. The van der Waals surface area contributed by atoms with Gasteiger partial charge in [0.15, 0.2) is 0 Å². The van der Waals surface area contributed by atoms with E-state index in [-0.39, 0.29) is 16.9 Å². The van der Waals surface area contributed by atoms with Crippen LogP contribution in [0.3, 0.4) is 0 Å². The average molecular weight is 278 g/mol. The van der Waals surface area contributed by atoms with Gasteiger partial charge < -0.3 is 5.32 Å². The number of rotatable bonds is 6. The standard InChI is InChI=1S/C12H17ClFNOS/c1-9(6-7-17(2)16)15-8-10-4-3-5-11(13)12(10)14/h3-5,9,15H,6-8H2,1-2H3. The molecule has 17 heavy (non-hydrogen) atoms. The van der Waals surface area contributed by atoms with Gasteiger partial charge >= 0.3 is 0 Å². The molecule has 1 aromatic carbocycles. The summed E-state index contributed by atoms with van der Waals surface area (Å²) in [5.74, 6) is 0.291. The van der Waals surface area contributed by atoms with Crippen LogP contribution in [-0.4, -0.2) is 22.3 Å². The molecule has 1 N–H and O–H groups in total. The summed E-state index contributed by atoms with van der Waals surface area (Å²) < 4.78 is 24.5. The van der Waals surface area contributed by atoms with Gasteiger partial charge in [-0.15, -0.1) is 0 Å². The average Bonchev–Trinajstić information content (AvgIpc) is 2.28. The van der Waals surface area contributed by atoms with E-state index in [4.69, 9.17) is 11.6 Å². The topological polar surface area (TPSA) is 29.1 Å². The summed E-state index contributed by atoms with van der Waals surface area (Å²) in [6.07, 6.45) is 2.49. The zero-order valence-corrected chi connectivity index (χ0v) is 11.6. The van der Waals surface area contributed by atoms with Crippen LogP contribution in [0.2, 0.25) is 5.02 Å². The maximum absolute atomic E-state index is 13.5. The first-order chi connectivity index (χ1) is 8.00. The summed E-state index contributed by atoms with van der Waals surface area (Å²) in [6, 6.07) is 5.18. The largest absolute Gasteiger partial charge is 0.310 e. The van der Waals surface area contributed by atoms with Crippen molar-refractivity contribution in [1.82, 2.24) is 5.32 Å².